The highest BCUT2D eigenvalue weighted by Crippen LogP contribution is 2.40. The van der Waals surface area contributed by atoms with Gasteiger partial charge in [0.1, 0.15) is 21.7 Å². The molecule has 1 aromatic heterocycles. The van der Waals surface area contributed by atoms with E-state index in [1.165, 1.54) is 0 Å². The highest BCUT2D eigenvalue weighted by molar-refractivity contribution is 7.22. The Morgan fingerprint density at radius 1 is 1.27 bits per heavy atom. The molecule has 1 fully saturated rings. The maximum absolute atomic E-state index is 12.6. The van der Waals surface area contributed by atoms with Gasteiger partial charge < -0.3 is 19.7 Å². The third-order valence-corrected chi connectivity index (χ3v) is 5.59. The summed E-state index contributed by atoms with van der Waals surface area (Å²) < 4.78 is 11.9. The SMILES string of the molecule is COc1ccc(OC)c2sc(N3CCCC(C(=O)NC(C)(C)C)C3)nc12. The summed E-state index contributed by atoms with van der Waals surface area (Å²) in [5.41, 5.74) is 0.601. The average Bonchev–Trinajstić information content (AvgIpc) is 3.05. The number of thiazole rings is 1. The Labute approximate surface area is 158 Å². The van der Waals surface area contributed by atoms with Crippen molar-refractivity contribution in [2.24, 2.45) is 5.92 Å². The van der Waals surface area contributed by atoms with E-state index >= 15 is 0 Å². The summed E-state index contributed by atoms with van der Waals surface area (Å²) in [6, 6.07) is 3.78. The van der Waals surface area contributed by atoms with Gasteiger partial charge in [0, 0.05) is 18.6 Å². The van der Waals surface area contributed by atoms with E-state index in [4.69, 9.17) is 14.5 Å². The molecule has 2 heterocycles. The predicted molar refractivity (Wildman–Crippen MR) is 106 cm³/mol. The molecule has 26 heavy (non-hydrogen) atoms. The second kappa shape index (κ2) is 7.31. The van der Waals surface area contributed by atoms with Crippen molar-refractivity contribution in [2.45, 2.75) is 39.2 Å². The van der Waals surface area contributed by atoms with Crippen molar-refractivity contribution in [1.82, 2.24) is 10.3 Å². The van der Waals surface area contributed by atoms with Crippen LogP contribution in [-0.4, -0.2) is 43.7 Å². The summed E-state index contributed by atoms with van der Waals surface area (Å²) in [6.07, 6.45) is 1.89. The standard InChI is InChI=1S/C19H27N3O3S/c1-19(2,3)21-17(23)12-7-6-10-22(11-12)18-20-15-13(24-4)8-9-14(25-5)16(15)26-18/h8-9,12H,6-7,10-11H2,1-5H3,(H,21,23). The van der Waals surface area contributed by atoms with Gasteiger partial charge in [-0.2, -0.15) is 0 Å². The van der Waals surface area contributed by atoms with Gasteiger partial charge in [0.25, 0.3) is 0 Å². The maximum Gasteiger partial charge on any atom is 0.225 e. The van der Waals surface area contributed by atoms with Gasteiger partial charge in [-0.25, -0.2) is 4.98 Å². The van der Waals surface area contributed by atoms with Gasteiger partial charge in [0.2, 0.25) is 5.91 Å². The molecule has 1 aromatic carbocycles. The lowest BCUT2D eigenvalue weighted by atomic mass is 9.96. The number of rotatable bonds is 4. The van der Waals surface area contributed by atoms with E-state index in [-0.39, 0.29) is 17.4 Å². The van der Waals surface area contributed by atoms with Crippen molar-refractivity contribution in [3.05, 3.63) is 12.1 Å². The number of aromatic nitrogens is 1. The number of benzene rings is 1. The lowest BCUT2D eigenvalue weighted by Gasteiger charge is -2.33. The molecular formula is C19H27N3O3S. The Hall–Kier alpha value is -2.02. The quantitative estimate of drug-likeness (QED) is 0.884. The van der Waals surface area contributed by atoms with Gasteiger partial charge in [-0.05, 0) is 45.7 Å². The number of nitrogens with zero attached hydrogens (tertiary/aromatic N) is 2. The van der Waals surface area contributed by atoms with Crippen LogP contribution >= 0.6 is 11.3 Å². The van der Waals surface area contributed by atoms with E-state index < -0.39 is 0 Å². The molecule has 1 aliphatic heterocycles. The lowest BCUT2D eigenvalue weighted by Crippen LogP contribution is -2.48. The van der Waals surface area contributed by atoms with E-state index in [2.05, 4.69) is 10.2 Å². The average molecular weight is 378 g/mol. The van der Waals surface area contributed by atoms with E-state index in [1.807, 2.05) is 32.9 Å². The molecule has 0 saturated carbocycles. The highest BCUT2D eigenvalue weighted by Gasteiger charge is 2.29. The number of amides is 1. The number of fused-ring (bicyclic) bond motifs is 1. The molecule has 2 aromatic rings. The minimum atomic E-state index is -0.212. The summed E-state index contributed by atoms with van der Waals surface area (Å²) in [5.74, 6) is 1.64. The molecule has 1 unspecified atom stereocenters. The van der Waals surface area contributed by atoms with Gasteiger partial charge in [0.05, 0.1) is 20.1 Å². The largest absolute Gasteiger partial charge is 0.495 e. The van der Waals surface area contributed by atoms with E-state index in [9.17, 15) is 4.79 Å². The smallest absolute Gasteiger partial charge is 0.225 e. The minimum absolute atomic E-state index is 0.0150. The summed E-state index contributed by atoms with van der Waals surface area (Å²) in [4.78, 5) is 19.6. The van der Waals surface area contributed by atoms with Crippen molar-refractivity contribution >= 4 is 32.6 Å². The molecule has 0 aliphatic carbocycles. The first-order valence-corrected chi connectivity index (χ1v) is 9.72. The molecule has 1 atom stereocenters. The lowest BCUT2D eigenvalue weighted by molar-refractivity contribution is -0.126. The van der Waals surface area contributed by atoms with Crippen LogP contribution in [0, 0.1) is 5.92 Å². The van der Waals surface area contributed by atoms with Crippen LogP contribution in [0.15, 0.2) is 12.1 Å². The molecule has 1 amide bonds. The first-order valence-electron chi connectivity index (χ1n) is 8.91. The van der Waals surface area contributed by atoms with Gasteiger partial charge >= 0.3 is 0 Å². The second-order valence-corrected chi connectivity index (χ2v) is 8.65. The number of piperidine rings is 1. The van der Waals surface area contributed by atoms with Crippen LogP contribution in [0.4, 0.5) is 5.13 Å². The first-order chi connectivity index (χ1) is 12.3. The van der Waals surface area contributed by atoms with E-state index in [0.29, 0.717) is 6.54 Å². The summed E-state index contributed by atoms with van der Waals surface area (Å²) in [7, 11) is 3.31. The van der Waals surface area contributed by atoms with Gasteiger partial charge in [0.15, 0.2) is 5.13 Å². The van der Waals surface area contributed by atoms with Crippen molar-refractivity contribution < 1.29 is 14.3 Å². The fourth-order valence-corrected chi connectivity index (χ4v) is 4.36. The van der Waals surface area contributed by atoms with Gasteiger partial charge in [-0.1, -0.05) is 11.3 Å². The predicted octanol–water partition coefficient (Wildman–Crippen LogP) is 3.44. The topological polar surface area (TPSA) is 63.7 Å². The molecule has 3 rings (SSSR count). The molecule has 0 bridgehead atoms. The number of methoxy groups -OCH3 is 2. The normalized spacial score (nSPS) is 18.0. The van der Waals surface area contributed by atoms with Crippen LogP contribution in [0.5, 0.6) is 11.5 Å². The molecule has 1 aliphatic rings. The van der Waals surface area contributed by atoms with Crippen LogP contribution in [0.3, 0.4) is 0 Å². The Morgan fingerprint density at radius 2 is 1.96 bits per heavy atom. The molecular weight excluding hydrogens is 350 g/mol. The molecule has 6 nitrogen and oxygen atoms in total. The summed E-state index contributed by atoms with van der Waals surface area (Å²) in [5, 5.41) is 4.01. The van der Waals surface area contributed by atoms with Gasteiger partial charge in [-0.3, -0.25) is 4.79 Å². The third kappa shape index (κ3) is 3.87. The van der Waals surface area contributed by atoms with E-state index in [1.54, 1.807) is 25.6 Å². The summed E-state index contributed by atoms with van der Waals surface area (Å²) >= 11 is 1.59. The molecule has 0 radical (unpaired) electrons. The van der Waals surface area contributed by atoms with Crippen molar-refractivity contribution in [3.63, 3.8) is 0 Å². The zero-order valence-corrected chi connectivity index (χ0v) is 16.9. The molecule has 0 spiro atoms. The maximum atomic E-state index is 12.6. The van der Waals surface area contributed by atoms with Crippen LogP contribution in [0.1, 0.15) is 33.6 Å². The van der Waals surface area contributed by atoms with Crippen molar-refractivity contribution in [1.29, 1.82) is 0 Å². The van der Waals surface area contributed by atoms with Crippen LogP contribution in [0.2, 0.25) is 0 Å². The zero-order chi connectivity index (χ0) is 18.9. The molecule has 142 valence electrons. The molecule has 1 saturated heterocycles. The van der Waals surface area contributed by atoms with Crippen LogP contribution < -0.4 is 19.7 Å². The molecule has 7 heteroatoms. The monoisotopic (exact) mass is 377 g/mol. The van der Waals surface area contributed by atoms with Gasteiger partial charge in [-0.15, -0.1) is 0 Å². The van der Waals surface area contributed by atoms with Crippen molar-refractivity contribution in [2.75, 3.05) is 32.2 Å². The number of anilines is 1. The Morgan fingerprint density at radius 3 is 2.62 bits per heavy atom. The Bertz CT molecular complexity index is 756. The highest BCUT2D eigenvalue weighted by atomic mass is 32.1. The number of carbonyl (C=O) groups excluding carboxylic acids is 1. The number of ether oxygens (including phenoxy) is 2. The number of carbonyl (C=O) groups is 1. The van der Waals surface area contributed by atoms with Crippen molar-refractivity contribution in [3.8, 4) is 11.5 Å². The number of hydrogen-bond donors (Lipinski definition) is 1. The van der Waals surface area contributed by atoms with Crippen LogP contribution in [-0.2, 0) is 4.79 Å². The summed E-state index contributed by atoms with van der Waals surface area (Å²) in [6.45, 7) is 7.63. The van der Waals surface area contributed by atoms with E-state index in [0.717, 1.165) is 46.2 Å². The zero-order valence-electron chi connectivity index (χ0n) is 16.1. The van der Waals surface area contributed by atoms with Crippen LogP contribution in [0.25, 0.3) is 10.2 Å². The minimum Gasteiger partial charge on any atom is -0.495 e. The fourth-order valence-electron chi connectivity index (χ4n) is 3.25. The number of nitrogens with one attached hydrogen (secondary N) is 1. The Balaban J connectivity index is 1.85. The Kier molecular flexibility index (Phi) is 5.27. The fraction of sp³-hybridized carbons (Fsp3) is 0.579. The second-order valence-electron chi connectivity index (χ2n) is 7.67. The first kappa shape index (κ1) is 18.8. The third-order valence-electron chi connectivity index (χ3n) is 4.46. The molecule has 1 N–H and O–H groups in total. The number of hydrogen-bond acceptors (Lipinski definition) is 6.